The van der Waals surface area contributed by atoms with Crippen molar-refractivity contribution in [2.45, 2.75) is 19.3 Å². The number of amides is 2. The number of carbonyl (C=O) groups is 2. The van der Waals surface area contributed by atoms with Crippen LogP contribution in [0.3, 0.4) is 0 Å². The highest BCUT2D eigenvalue weighted by molar-refractivity contribution is 6.12. The molecule has 2 saturated heterocycles. The van der Waals surface area contributed by atoms with Crippen LogP contribution in [0.2, 0.25) is 0 Å². The van der Waals surface area contributed by atoms with E-state index in [0.717, 1.165) is 117 Å². The van der Waals surface area contributed by atoms with Crippen molar-refractivity contribution in [1.29, 1.82) is 0 Å². The highest BCUT2D eigenvalue weighted by atomic mass is 16.2. The van der Waals surface area contributed by atoms with Crippen LogP contribution in [0.5, 0.6) is 0 Å². The molecule has 72 heavy (non-hydrogen) atoms. The van der Waals surface area contributed by atoms with E-state index in [1.165, 1.54) is 30.6 Å². The third-order valence-electron chi connectivity index (χ3n) is 14.0. The average molecular weight is 952 g/mol. The lowest BCUT2D eigenvalue weighted by Gasteiger charge is -2.29. The summed E-state index contributed by atoms with van der Waals surface area (Å²) in [6, 6.07) is 41.3. The number of piperidine rings is 1. The first-order valence-corrected chi connectivity index (χ1v) is 24.8. The fraction of sp³-hybridized carbons (Fsp3) is 0.220. The Labute approximate surface area is 419 Å². The third kappa shape index (κ3) is 8.87. The Morgan fingerprint density at radius 3 is 1.31 bits per heavy atom. The van der Waals surface area contributed by atoms with Crippen LogP contribution in [0, 0.1) is 0 Å². The maximum absolute atomic E-state index is 12.7. The molecule has 13 heteroatoms. The van der Waals surface area contributed by atoms with E-state index in [9.17, 15) is 9.59 Å². The van der Waals surface area contributed by atoms with Gasteiger partial charge in [-0.05, 0) is 99.5 Å². The lowest BCUT2D eigenvalue weighted by molar-refractivity contribution is 0.0822. The summed E-state index contributed by atoms with van der Waals surface area (Å²) < 4.78 is 3.68. The van der Waals surface area contributed by atoms with Crippen LogP contribution in [0.25, 0.3) is 77.3 Å². The van der Waals surface area contributed by atoms with Crippen LogP contribution in [0.15, 0.2) is 159 Å². The van der Waals surface area contributed by atoms with Gasteiger partial charge in [-0.3, -0.25) is 9.59 Å². The smallest absolute Gasteiger partial charge is 0.253 e. The Morgan fingerprint density at radius 2 is 0.861 bits per heavy atom. The number of hydrogen-bond donors (Lipinski definition) is 1. The summed E-state index contributed by atoms with van der Waals surface area (Å²) in [7, 11) is 7.10. The normalized spacial score (nSPS) is 13.9. The summed E-state index contributed by atoms with van der Waals surface area (Å²) in [5.41, 5.74) is 13.7. The van der Waals surface area contributed by atoms with Gasteiger partial charge in [0.1, 0.15) is 0 Å². The van der Waals surface area contributed by atoms with E-state index in [2.05, 4.69) is 98.1 Å². The van der Waals surface area contributed by atoms with Crippen LogP contribution in [-0.4, -0.2) is 118 Å². The highest BCUT2D eigenvalue weighted by Crippen LogP contribution is 2.36. The van der Waals surface area contributed by atoms with Crippen LogP contribution in [0.1, 0.15) is 40.0 Å². The summed E-state index contributed by atoms with van der Waals surface area (Å²) in [5.74, 6) is -0.0185. The molecule has 0 unspecified atom stereocenters. The molecular weight excluding hydrogens is 895 g/mol. The third-order valence-corrected chi connectivity index (χ3v) is 14.0. The molecule has 6 heterocycles. The molecule has 4 aromatic heterocycles. The van der Waals surface area contributed by atoms with Gasteiger partial charge in [-0.1, -0.05) is 84.9 Å². The molecular formula is C59H57N11O2. The number of benzene rings is 6. The number of rotatable bonds is 8. The van der Waals surface area contributed by atoms with E-state index in [0.29, 0.717) is 11.1 Å². The van der Waals surface area contributed by atoms with Crippen molar-refractivity contribution in [3.8, 4) is 44.5 Å². The zero-order valence-electron chi connectivity index (χ0n) is 41.2. The van der Waals surface area contributed by atoms with Crippen molar-refractivity contribution in [2.75, 3.05) is 77.3 Å². The largest absolute Gasteiger partial charge is 0.372 e. The number of nitrogens with zero attached hydrogens (tertiary/aromatic N) is 10. The monoisotopic (exact) mass is 951 g/mol. The van der Waals surface area contributed by atoms with Gasteiger partial charge in [-0.2, -0.15) is 10.2 Å². The second-order valence-corrected chi connectivity index (χ2v) is 19.0. The van der Waals surface area contributed by atoms with E-state index in [4.69, 9.17) is 9.97 Å². The first kappa shape index (κ1) is 46.0. The van der Waals surface area contributed by atoms with Gasteiger partial charge in [0.05, 0.1) is 12.4 Å². The Morgan fingerprint density at radius 1 is 0.444 bits per heavy atom. The predicted molar refractivity (Wildman–Crippen MR) is 290 cm³/mol. The van der Waals surface area contributed by atoms with Crippen molar-refractivity contribution >= 4 is 56.0 Å². The molecule has 13 nitrogen and oxygen atoms in total. The van der Waals surface area contributed by atoms with Crippen LogP contribution in [-0.2, 0) is 0 Å². The fourth-order valence-electron chi connectivity index (χ4n) is 10.2. The van der Waals surface area contributed by atoms with E-state index in [1.54, 1.807) is 38.0 Å². The maximum atomic E-state index is 12.7. The second-order valence-electron chi connectivity index (χ2n) is 19.0. The van der Waals surface area contributed by atoms with Crippen molar-refractivity contribution < 1.29 is 9.59 Å². The fourth-order valence-corrected chi connectivity index (χ4v) is 10.2. The molecule has 360 valence electrons. The molecule has 0 saturated carbocycles. The highest BCUT2D eigenvalue weighted by Gasteiger charge is 2.20. The summed E-state index contributed by atoms with van der Waals surface area (Å²) in [5, 5.41) is 16.5. The number of anilines is 2. The molecule has 0 aliphatic carbocycles. The minimum Gasteiger partial charge on any atom is -0.372 e. The van der Waals surface area contributed by atoms with Crippen molar-refractivity contribution in [3.05, 3.63) is 170 Å². The van der Waals surface area contributed by atoms with Gasteiger partial charge in [0.2, 0.25) is 0 Å². The number of carbonyl (C=O) groups excluding carboxylic acids is 2. The molecule has 10 aromatic rings. The van der Waals surface area contributed by atoms with Gasteiger partial charge in [-0.15, -0.1) is 0 Å². The molecule has 2 aliphatic heterocycles. The topological polar surface area (TPSA) is 120 Å². The number of aromatic nitrogens is 6. The van der Waals surface area contributed by atoms with Crippen LogP contribution in [0.4, 0.5) is 11.4 Å². The van der Waals surface area contributed by atoms with Gasteiger partial charge < -0.3 is 24.9 Å². The molecule has 0 radical (unpaired) electrons. The van der Waals surface area contributed by atoms with Crippen molar-refractivity contribution in [3.63, 3.8) is 0 Å². The van der Waals surface area contributed by atoms with E-state index >= 15 is 0 Å². The van der Waals surface area contributed by atoms with E-state index < -0.39 is 0 Å². The molecule has 1 N–H and O–H groups in total. The molecule has 6 aromatic carbocycles. The Balaban J connectivity index is 0.000000156. The lowest BCUT2D eigenvalue weighted by atomic mass is 9.96. The minimum atomic E-state index is -0.0108. The zero-order valence-corrected chi connectivity index (χ0v) is 41.2. The molecule has 2 aliphatic rings. The predicted octanol–water partition coefficient (Wildman–Crippen LogP) is 10.2. The number of hydrogen-bond acceptors (Lipinski definition) is 9. The van der Waals surface area contributed by atoms with Crippen LogP contribution >= 0.6 is 0 Å². The molecule has 0 bridgehead atoms. The number of nitrogens with one attached hydrogen (secondary N) is 1. The second kappa shape index (κ2) is 19.8. The quantitative estimate of drug-likeness (QED) is 0.159. The number of piperazine rings is 1. The van der Waals surface area contributed by atoms with E-state index in [-0.39, 0.29) is 11.8 Å². The average Bonchev–Trinajstić information content (AvgIpc) is 4.07. The number of fused-ring (bicyclic) bond motifs is 4. The maximum Gasteiger partial charge on any atom is 0.253 e. The first-order valence-electron chi connectivity index (χ1n) is 24.8. The Bertz CT molecular complexity index is 3370. The summed E-state index contributed by atoms with van der Waals surface area (Å²) >= 11 is 0. The zero-order chi connectivity index (χ0) is 49.3. The van der Waals surface area contributed by atoms with Gasteiger partial charge in [0.25, 0.3) is 11.8 Å². The first-order chi connectivity index (χ1) is 35.2. The standard InChI is InChI=1S/C30H29N5O.C29H28N6O/c1-33(2)30(36)27-11-7-8-24-25(27)9-6-10-26(24)28-19-32-35-20-22(18-31-29(28)35)21-12-14-23(15-13-21)34-16-4-3-5-17-34;1-33(2)29(36)26-8-4-5-23-24(26)6-3-7-25(23)27-18-32-35-19-21(17-31-28(27)35)20-9-11-22(12-10-20)34-15-13-30-14-16-34/h6-15,18-20H,3-5,16-17H2,1-2H3;3-12,17-19,30H,13-16H2,1-2H3. The molecule has 12 rings (SSSR count). The molecule has 2 fully saturated rings. The SMILES string of the molecule is CN(C)C(=O)c1cccc2c(-c3cnn4cc(-c5ccc(N6CCCCC6)cc5)cnc34)cccc12.CN(C)C(=O)c1cccc2c(-c3cnn4cc(-c5ccc(N6CCNCC6)cc5)cnc34)cccc12. The van der Waals surface area contributed by atoms with Crippen molar-refractivity contribution in [2.24, 2.45) is 0 Å². The molecule has 0 spiro atoms. The Hall–Kier alpha value is -8.42. The molecule has 2 amide bonds. The molecule has 0 atom stereocenters. The summed E-state index contributed by atoms with van der Waals surface area (Å²) in [6.07, 6.45) is 15.5. The summed E-state index contributed by atoms with van der Waals surface area (Å²) in [6.45, 7) is 6.38. The van der Waals surface area contributed by atoms with Gasteiger partial charge >= 0.3 is 0 Å². The van der Waals surface area contributed by atoms with E-state index in [1.807, 2.05) is 94.7 Å². The van der Waals surface area contributed by atoms with Gasteiger partial charge in [0, 0.05) is 137 Å². The summed E-state index contributed by atoms with van der Waals surface area (Å²) in [4.78, 5) is 43.2. The van der Waals surface area contributed by atoms with Gasteiger partial charge in [-0.25, -0.2) is 19.0 Å². The lowest BCUT2D eigenvalue weighted by Crippen LogP contribution is -2.43. The Kier molecular flexibility index (Phi) is 12.6. The van der Waals surface area contributed by atoms with Crippen LogP contribution < -0.4 is 15.1 Å². The van der Waals surface area contributed by atoms with Gasteiger partial charge in [0.15, 0.2) is 11.3 Å². The van der Waals surface area contributed by atoms with Crippen molar-refractivity contribution in [1.82, 2.24) is 44.3 Å². The minimum absolute atomic E-state index is 0.00770.